The molecule has 1 aromatic carbocycles. The lowest BCUT2D eigenvalue weighted by molar-refractivity contribution is -0.896. The van der Waals surface area contributed by atoms with Gasteiger partial charge in [-0.25, -0.2) is 0 Å². The van der Waals surface area contributed by atoms with Crippen LogP contribution in [-0.4, -0.2) is 25.5 Å². The van der Waals surface area contributed by atoms with E-state index < -0.39 is 0 Å². The van der Waals surface area contributed by atoms with Gasteiger partial charge in [0, 0.05) is 10.7 Å². The number of likely N-dealkylation sites (tertiary alicyclic amines) is 1. The summed E-state index contributed by atoms with van der Waals surface area (Å²) < 4.78 is 0. The fourth-order valence-electron chi connectivity index (χ4n) is 2.19. The van der Waals surface area contributed by atoms with Crippen molar-refractivity contribution in [1.82, 2.24) is 0 Å². The lowest BCUT2D eigenvalue weighted by Crippen LogP contribution is -3.13. The SMILES string of the molecule is O=C(C[NH+]1CCCCC1)Nc1ccc(Cl)cc1. The van der Waals surface area contributed by atoms with Crippen LogP contribution in [0.25, 0.3) is 0 Å². The maximum absolute atomic E-state index is 11.8. The van der Waals surface area contributed by atoms with Crippen molar-refractivity contribution < 1.29 is 9.69 Å². The van der Waals surface area contributed by atoms with Crippen LogP contribution >= 0.6 is 11.6 Å². The van der Waals surface area contributed by atoms with E-state index in [0.717, 1.165) is 18.8 Å². The molecule has 0 aliphatic carbocycles. The average Bonchev–Trinajstić information content (AvgIpc) is 2.33. The molecule has 92 valence electrons. The number of hydrogen-bond donors (Lipinski definition) is 2. The van der Waals surface area contributed by atoms with Crippen LogP contribution in [0.2, 0.25) is 5.02 Å². The molecule has 0 spiro atoms. The molecule has 0 radical (unpaired) electrons. The van der Waals surface area contributed by atoms with Gasteiger partial charge in [-0.2, -0.15) is 0 Å². The van der Waals surface area contributed by atoms with Gasteiger partial charge < -0.3 is 10.2 Å². The Balaban J connectivity index is 1.82. The highest BCUT2D eigenvalue weighted by Gasteiger charge is 2.17. The Hall–Kier alpha value is -1.06. The molecule has 3 nitrogen and oxygen atoms in total. The van der Waals surface area contributed by atoms with Gasteiger partial charge in [0.15, 0.2) is 6.54 Å². The minimum atomic E-state index is 0.0872. The molecule has 1 aliphatic heterocycles. The Morgan fingerprint density at radius 1 is 1.18 bits per heavy atom. The number of amides is 1. The number of quaternary nitrogens is 1. The molecule has 1 saturated heterocycles. The van der Waals surface area contributed by atoms with Crippen molar-refractivity contribution >= 4 is 23.2 Å². The van der Waals surface area contributed by atoms with Crippen LogP contribution in [0.5, 0.6) is 0 Å². The smallest absolute Gasteiger partial charge is 0.279 e. The summed E-state index contributed by atoms with van der Waals surface area (Å²) in [6.45, 7) is 2.81. The summed E-state index contributed by atoms with van der Waals surface area (Å²) in [6, 6.07) is 7.22. The second kappa shape index (κ2) is 6.03. The van der Waals surface area contributed by atoms with Crippen LogP contribution in [-0.2, 0) is 4.79 Å². The van der Waals surface area contributed by atoms with E-state index >= 15 is 0 Å². The third-order valence-electron chi connectivity index (χ3n) is 3.10. The summed E-state index contributed by atoms with van der Waals surface area (Å²) in [4.78, 5) is 13.2. The zero-order chi connectivity index (χ0) is 12.1. The van der Waals surface area contributed by atoms with Crippen molar-refractivity contribution in [2.75, 3.05) is 25.0 Å². The normalized spacial score (nSPS) is 16.8. The van der Waals surface area contributed by atoms with E-state index in [1.165, 1.54) is 24.2 Å². The van der Waals surface area contributed by atoms with Crippen molar-refractivity contribution in [3.8, 4) is 0 Å². The average molecular weight is 254 g/mol. The molecule has 4 heteroatoms. The largest absolute Gasteiger partial charge is 0.327 e. The molecule has 0 unspecified atom stereocenters. The van der Waals surface area contributed by atoms with Gasteiger partial charge in [-0.3, -0.25) is 4.79 Å². The van der Waals surface area contributed by atoms with E-state index in [2.05, 4.69) is 5.32 Å². The van der Waals surface area contributed by atoms with Crippen molar-refractivity contribution in [3.05, 3.63) is 29.3 Å². The van der Waals surface area contributed by atoms with Crippen LogP contribution in [0.4, 0.5) is 5.69 Å². The fraction of sp³-hybridized carbons (Fsp3) is 0.462. The van der Waals surface area contributed by atoms with Crippen LogP contribution in [0, 0.1) is 0 Å². The van der Waals surface area contributed by atoms with E-state index in [4.69, 9.17) is 11.6 Å². The zero-order valence-corrected chi connectivity index (χ0v) is 10.6. The minimum absolute atomic E-state index is 0.0872. The molecule has 1 fully saturated rings. The Labute approximate surface area is 107 Å². The molecule has 0 bridgehead atoms. The maximum atomic E-state index is 11.8. The zero-order valence-electron chi connectivity index (χ0n) is 9.84. The van der Waals surface area contributed by atoms with Crippen LogP contribution < -0.4 is 10.2 Å². The van der Waals surface area contributed by atoms with Gasteiger partial charge in [0.2, 0.25) is 0 Å². The second-order valence-electron chi connectivity index (χ2n) is 4.54. The highest BCUT2D eigenvalue weighted by atomic mass is 35.5. The van der Waals surface area contributed by atoms with E-state index in [9.17, 15) is 4.79 Å². The predicted molar refractivity (Wildman–Crippen MR) is 69.5 cm³/mol. The van der Waals surface area contributed by atoms with Crippen LogP contribution in [0.3, 0.4) is 0 Å². The van der Waals surface area contributed by atoms with Gasteiger partial charge in [-0.05, 0) is 43.5 Å². The summed E-state index contributed by atoms with van der Waals surface area (Å²) in [5.74, 6) is 0.0872. The van der Waals surface area contributed by atoms with Crippen LogP contribution in [0.1, 0.15) is 19.3 Å². The number of benzene rings is 1. The first-order valence-corrected chi connectivity index (χ1v) is 6.51. The third-order valence-corrected chi connectivity index (χ3v) is 3.35. The van der Waals surface area contributed by atoms with Crippen molar-refractivity contribution in [2.24, 2.45) is 0 Å². The number of halogens is 1. The molecule has 1 aromatic rings. The number of nitrogens with one attached hydrogen (secondary N) is 2. The quantitative estimate of drug-likeness (QED) is 0.838. The first kappa shape index (κ1) is 12.4. The summed E-state index contributed by atoms with van der Waals surface area (Å²) >= 11 is 5.79. The predicted octanol–water partition coefficient (Wildman–Crippen LogP) is 1.35. The number of piperidine rings is 1. The molecular formula is C13H18ClN2O+. The van der Waals surface area contributed by atoms with Gasteiger partial charge in [-0.15, -0.1) is 0 Å². The topological polar surface area (TPSA) is 33.5 Å². The molecule has 17 heavy (non-hydrogen) atoms. The van der Waals surface area contributed by atoms with Crippen molar-refractivity contribution in [3.63, 3.8) is 0 Å². The van der Waals surface area contributed by atoms with Gasteiger partial charge in [0.1, 0.15) is 0 Å². The van der Waals surface area contributed by atoms with Gasteiger partial charge >= 0.3 is 0 Å². The third kappa shape index (κ3) is 4.02. The highest BCUT2D eigenvalue weighted by molar-refractivity contribution is 6.30. The molecule has 0 atom stereocenters. The molecule has 0 aromatic heterocycles. The number of hydrogen-bond acceptors (Lipinski definition) is 1. The monoisotopic (exact) mass is 253 g/mol. The lowest BCUT2D eigenvalue weighted by Gasteiger charge is -2.22. The first-order chi connectivity index (χ1) is 8.24. The number of rotatable bonds is 3. The standard InChI is InChI=1S/C13H17ClN2O/c14-11-4-6-12(7-5-11)15-13(17)10-16-8-2-1-3-9-16/h4-7H,1-3,8-10H2,(H,15,17)/p+1. The lowest BCUT2D eigenvalue weighted by atomic mass is 10.1. The fourth-order valence-corrected chi connectivity index (χ4v) is 2.32. The van der Waals surface area contributed by atoms with E-state index in [-0.39, 0.29) is 5.91 Å². The maximum Gasteiger partial charge on any atom is 0.279 e. The van der Waals surface area contributed by atoms with Gasteiger partial charge in [0.05, 0.1) is 13.1 Å². The van der Waals surface area contributed by atoms with Crippen molar-refractivity contribution in [2.45, 2.75) is 19.3 Å². The highest BCUT2D eigenvalue weighted by Crippen LogP contribution is 2.12. The molecule has 1 heterocycles. The van der Waals surface area contributed by atoms with E-state index in [1.807, 2.05) is 12.1 Å². The van der Waals surface area contributed by atoms with E-state index in [1.54, 1.807) is 12.1 Å². The molecular weight excluding hydrogens is 236 g/mol. The summed E-state index contributed by atoms with van der Waals surface area (Å²) in [5, 5.41) is 3.58. The molecule has 0 saturated carbocycles. The summed E-state index contributed by atoms with van der Waals surface area (Å²) in [7, 11) is 0. The van der Waals surface area contributed by atoms with Crippen molar-refractivity contribution in [1.29, 1.82) is 0 Å². The molecule has 2 rings (SSSR count). The summed E-state index contributed by atoms with van der Waals surface area (Å²) in [5.41, 5.74) is 0.816. The van der Waals surface area contributed by atoms with Gasteiger partial charge in [0.25, 0.3) is 5.91 Å². The Morgan fingerprint density at radius 3 is 2.47 bits per heavy atom. The number of carbonyl (C=O) groups excluding carboxylic acids is 1. The number of carbonyl (C=O) groups is 1. The molecule has 2 N–H and O–H groups in total. The molecule has 1 amide bonds. The Morgan fingerprint density at radius 2 is 1.82 bits per heavy atom. The first-order valence-electron chi connectivity index (χ1n) is 6.13. The van der Waals surface area contributed by atoms with Gasteiger partial charge in [-0.1, -0.05) is 11.6 Å². The number of anilines is 1. The second-order valence-corrected chi connectivity index (χ2v) is 4.98. The molecule has 1 aliphatic rings. The van der Waals surface area contributed by atoms with E-state index in [0.29, 0.717) is 11.6 Å². The van der Waals surface area contributed by atoms with Crippen LogP contribution in [0.15, 0.2) is 24.3 Å². The summed E-state index contributed by atoms with van der Waals surface area (Å²) in [6.07, 6.45) is 3.79. The Kier molecular flexibility index (Phi) is 4.40. The Bertz CT molecular complexity index is 372. The minimum Gasteiger partial charge on any atom is -0.327 e.